The van der Waals surface area contributed by atoms with E-state index in [0.29, 0.717) is 11.4 Å². The second-order valence-corrected chi connectivity index (χ2v) is 7.39. The number of benzene rings is 1. The van der Waals surface area contributed by atoms with Crippen molar-refractivity contribution >= 4 is 11.7 Å². The highest BCUT2D eigenvalue weighted by Gasteiger charge is 2.19. The lowest BCUT2D eigenvalue weighted by molar-refractivity contribution is -0.118. The number of aromatic nitrogens is 1. The van der Waals surface area contributed by atoms with Gasteiger partial charge < -0.3 is 14.6 Å². The van der Waals surface area contributed by atoms with Crippen molar-refractivity contribution in [2.45, 2.75) is 45.6 Å². The number of carbonyl (C=O) groups is 1. The van der Waals surface area contributed by atoms with Crippen molar-refractivity contribution in [2.75, 3.05) is 11.9 Å². The molecule has 0 unspecified atom stereocenters. The minimum Gasteiger partial charge on any atom is -0.484 e. The number of aryl methyl sites for hydroxylation is 2. The molecule has 25 heavy (non-hydrogen) atoms. The molecule has 1 N–H and O–H groups in total. The first-order chi connectivity index (χ1) is 11.9. The third-order valence-corrected chi connectivity index (χ3v) is 4.38. The average Bonchev–Trinajstić information content (AvgIpc) is 3.18. The number of nitriles is 1. The standard InChI is InChI=1S/C20H23N3O2/c1-20(2,3)23-12-14(11-21)9-18(23)22-19(24)13-25-17-8-7-15-5-4-6-16(15)10-17/h7-10,12H,4-6,13H2,1-3H3,(H,22,24). The lowest BCUT2D eigenvalue weighted by atomic mass is 10.1. The van der Waals surface area contributed by atoms with Gasteiger partial charge in [-0.25, -0.2) is 0 Å². The lowest BCUT2D eigenvalue weighted by Crippen LogP contribution is -2.27. The van der Waals surface area contributed by atoms with E-state index in [1.807, 2.05) is 37.5 Å². The Bertz CT molecular complexity index is 838. The zero-order valence-electron chi connectivity index (χ0n) is 14.9. The van der Waals surface area contributed by atoms with Crippen molar-refractivity contribution in [3.8, 4) is 11.8 Å². The molecule has 0 saturated heterocycles. The fourth-order valence-electron chi connectivity index (χ4n) is 3.14. The van der Waals surface area contributed by atoms with Crippen LogP contribution in [0, 0.1) is 11.3 Å². The van der Waals surface area contributed by atoms with E-state index >= 15 is 0 Å². The number of anilines is 1. The van der Waals surface area contributed by atoms with Gasteiger partial charge in [0.15, 0.2) is 6.61 Å². The number of ether oxygens (including phenoxy) is 1. The molecule has 5 nitrogen and oxygen atoms in total. The Labute approximate surface area is 148 Å². The molecule has 0 spiro atoms. The number of nitrogens with zero attached hydrogens (tertiary/aromatic N) is 2. The summed E-state index contributed by atoms with van der Waals surface area (Å²) in [4.78, 5) is 12.3. The molecule has 1 aliphatic carbocycles. The van der Waals surface area contributed by atoms with Crippen molar-refractivity contribution in [1.29, 1.82) is 5.26 Å². The molecule has 0 saturated carbocycles. The Morgan fingerprint density at radius 1 is 1.28 bits per heavy atom. The van der Waals surface area contributed by atoms with E-state index in [1.54, 1.807) is 12.3 Å². The van der Waals surface area contributed by atoms with Gasteiger partial charge in [0, 0.05) is 11.7 Å². The number of hydrogen-bond acceptors (Lipinski definition) is 3. The molecule has 1 amide bonds. The third kappa shape index (κ3) is 3.85. The van der Waals surface area contributed by atoms with Crippen LogP contribution in [0.4, 0.5) is 5.82 Å². The molecule has 1 aromatic carbocycles. The summed E-state index contributed by atoms with van der Waals surface area (Å²) in [6.45, 7) is 6.00. The van der Waals surface area contributed by atoms with Crippen LogP contribution in [0.1, 0.15) is 43.9 Å². The maximum Gasteiger partial charge on any atom is 0.263 e. The number of carbonyl (C=O) groups excluding carboxylic acids is 1. The van der Waals surface area contributed by atoms with Crippen molar-refractivity contribution in [3.05, 3.63) is 47.2 Å². The van der Waals surface area contributed by atoms with E-state index in [4.69, 9.17) is 10.00 Å². The topological polar surface area (TPSA) is 67.0 Å². The van der Waals surface area contributed by atoms with Crippen LogP contribution in [0.25, 0.3) is 0 Å². The maximum atomic E-state index is 12.3. The third-order valence-electron chi connectivity index (χ3n) is 4.38. The first-order valence-electron chi connectivity index (χ1n) is 8.54. The molecule has 0 fully saturated rings. The largest absolute Gasteiger partial charge is 0.484 e. The molecule has 0 aliphatic heterocycles. The molecular formula is C20H23N3O2. The molecule has 3 rings (SSSR count). The molecule has 2 aromatic rings. The first kappa shape index (κ1) is 17.1. The molecule has 1 aromatic heterocycles. The number of nitrogens with one attached hydrogen (secondary N) is 1. The Morgan fingerprint density at radius 2 is 2.04 bits per heavy atom. The van der Waals surface area contributed by atoms with Crippen LogP contribution in [-0.4, -0.2) is 17.1 Å². The summed E-state index contributed by atoms with van der Waals surface area (Å²) in [5.41, 5.74) is 2.98. The van der Waals surface area contributed by atoms with E-state index in [-0.39, 0.29) is 18.1 Å². The molecule has 0 radical (unpaired) electrons. The van der Waals surface area contributed by atoms with E-state index in [9.17, 15) is 4.79 Å². The normalized spacial score (nSPS) is 13.2. The van der Waals surface area contributed by atoms with Gasteiger partial charge in [-0.2, -0.15) is 5.26 Å². The Kier molecular flexibility index (Phi) is 4.54. The van der Waals surface area contributed by atoms with Crippen molar-refractivity contribution < 1.29 is 9.53 Å². The van der Waals surface area contributed by atoms with E-state index in [1.165, 1.54) is 17.5 Å². The second kappa shape index (κ2) is 6.64. The Hall–Kier alpha value is -2.74. The number of amides is 1. The average molecular weight is 337 g/mol. The number of fused-ring (bicyclic) bond motifs is 1. The minimum atomic E-state index is -0.242. The highest BCUT2D eigenvalue weighted by Crippen LogP contribution is 2.26. The molecule has 5 heteroatoms. The molecular weight excluding hydrogens is 314 g/mol. The van der Waals surface area contributed by atoms with E-state index in [0.717, 1.165) is 18.6 Å². The molecule has 1 heterocycles. The summed E-state index contributed by atoms with van der Waals surface area (Å²) in [5, 5.41) is 11.9. The highest BCUT2D eigenvalue weighted by atomic mass is 16.5. The zero-order valence-corrected chi connectivity index (χ0v) is 14.9. The summed E-state index contributed by atoms with van der Waals surface area (Å²) in [6.07, 6.45) is 5.14. The van der Waals surface area contributed by atoms with Gasteiger partial charge in [-0.15, -0.1) is 0 Å². The van der Waals surface area contributed by atoms with Gasteiger partial charge in [0.1, 0.15) is 17.6 Å². The van der Waals surface area contributed by atoms with Crippen molar-refractivity contribution in [2.24, 2.45) is 0 Å². The maximum absolute atomic E-state index is 12.3. The highest BCUT2D eigenvalue weighted by molar-refractivity contribution is 5.91. The summed E-state index contributed by atoms with van der Waals surface area (Å²) in [5.74, 6) is 1.08. The SMILES string of the molecule is CC(C)(C)n1cc(C#N)cc1NC(=O)COc1ccc2c(c1)CCC2. The van der Waals surface area contributed by atoms with Gasteiger partial charge in [0.05, 0.1) is 5.56 Å². The van der Waals surface area contributed by atoms with E-state index < -0.39 is 0 Å². The smallest absolute Gasteiger partial charge is 0.263 e. The van der Waals surface area contributed by atoms with Crippen LogP contribution in [0.2, 0.25) is 0 Å². The minimum absolute atomic E-state index is 0.0595. The van der Waals surface area contributed by atoms with Crippen LogP contribution < -0.4 is 10.1 Å². The van der Waals surface area contributed by atoms with Gasteiger partial charge in [-0.05, 0) is 69.4 Å². The second-order valence-electron chi connectivity index (χ2n) is 7.39. The molecule has 0 bridgehead atoms. The zero-order chi connectivity index (χ0) is 18.0. The Morgan fingerprint density at radius 3 is 2.76 bits per heavy atom. The van der Waals surface area contributed by atoms with Crippen molar-refractivity contribution in [3.63, 3.8) is 0 Å². The fraction of sp³-hybridized carbons (Fsp3) is 0.400. The van der Waals surface area contributed by atoms with Crippen molar-refractivity contribution in [1.82, 2.24) is 4.57 Å². The summed E-state index contributed by atoms with van der Waals surface area (Å²) in [7, 11) is 0. The van der Waals surface area contributed by atoms with E-state index in [2.05, 4.69) is 17.5 Å². The predicted molar refractivity (Wildman–Crippen MR) is 96.7 cm³/mol. The first-order valence-corrected chi connectivity index (χ1v) is 8.54. The van der Waals surface area contributed by atoms with Crippen LogP contribution in [0.5, 0.6) is 5.75 Å². The van der Waals surface area contributed by atoms with Crippen LogP contribution in [0.3, 0.4) is 0 Å². The number of hydrogen-bond donors (Lipinski definition) is 1. The van der Waals surface area contributed by atoms with Crippen LogP contribution in [-0.2, 0) is 23.2 Å². The number of rotatable bonds is 4. The predicted octanol–water partition coefficient (Wildman–Crippen LogP) is 3.62. The molecule has 130 valence electrons. The van der Waals surface area contributed by atoms with Gasteiger partial charge in [0.25, 0.3) is 5.91 Å². The molecule has 0 atom stereocenters. The Balaban J connectivity index is 1.65. The lowest BCUT2D eigenvalue weighted by Gasteiger charge is -2.24. The quantitative estimate of drug-likeness (QED) is 0.926. The summed E-state index contributed by atoms with van der Waals surface area (Å²) >= 11 is 0. The van der Waals surface area contributed by atoms with Crippen LogP contribution >= 0.6 is 0 Å². The fourth-order valence-corrected chi connectivity index (χ4v) is 3.14. The summed E-state index contributed by atoms with van der Waals surface area (Å²) < 4.78 is 7.53. The molecule has 1 aliphatic rings. The summed E-state index contributed by atoms with van der Waals surface area (Å²) in [6, 6.07) is 9.82. The monoisotopic (exact) mass is 337 g/mol. The van der Waals surface area contributed by atoms with Crippen LogP contribution in [0.15, 0.2) is 30.5 Å². The van der Waals surface area contributed by atoms with Gasteiger partial charge >= 0.3 is 0 Å². The van der Waals surface area contributed by atoms with Gasteiger partial charge in [-0.1, -0.05) is 6.07 Å². The van der Waals surface area contributed by atoms with Gasteiger partial charge in [0.2, 0.25) is 0 Å². The van der Waals surface area contributed by atoms with Gasteiger partial charge in [-0.3, -0.25) is 4.79 Å².